The topological polar surface area (TPSA) is 92.7 Å². The van der Waals surface area contributed by atoms with E-state index in [0.717, 1.165) is 12.8 Å². The molecule has 0 aromatic heterocycles. The molecule has 0 aromatic carbocycles. The summed E-state index contributed by atoms with van der Waals surface area (Å²) < 4.78 is 30.8. The second-order valence-corrected chi connectivity index (χ2v) is 6.23. The van der Waals surface area contributed by atoms with Crippen LogP contribution in [0.15, 0.2) is 0 Å². The normalized spacial score (nSPS) is 19.4. The van der Waals surface area contributed by atoms with Gasteiger partial charge in [-0.3, -0.25) is 4.79 Å². The monoisotopic (exact) mass is 265 g/mol. The van der Waals surface area contributed by atoms with Gasteiger partial charge in [0.2, 0.25) is 10.0 Å². The van der Waals surface area contributed by atoms with Gasteiger partial charge in [0, 0.05) is 13.7 Å². The Labute approximate surface area is 101 Å². The predicted octanol–water partition coefficient (Wildman–Crippen LogP) is 0.338. The van der Waals surface area contributed by atoms with Gasteiger partial charge in [0.1, 0.15) is 6.04 Å². The number of hydrogen-bond acceptors (Lipinski definition) is 4. The molecule has 0 saturated heterocycles. The number of nitrogens with one attached hydrogen (secondary N) is 1. The van der Waals surface area contributed by atoms with Crippen molar-refractivity contribution in [3.8, 4) is 0 Å². The van der Waals surface area contributed by atoms with Gasteiger partial charge in [0.05, 0.1) is 5.25 Å². The lowest BCUT2D eigenvalue weighted by Crippen LogP contribution is -2.45. The van der Waals surface area contributed by atoms with Crippen LogP contribution in [0.25, 0.3) is 0 Å². The lowest BCUT2D eigenvalue weighted by atomic mass is 10.2. The molecule has 1 fully saturated rings. The Balaban J connectivity index is 2.61. The van der Waals surface area contributed by atoms with Crippen LogP contribution in [0.3, 0.4) is 0 Å². The Morgan fingerprint density at radius 2 is 2.06 bits per heavy atom. The van der Waals surface area contributed by atoms with E-state index in [4.69, 9.17) is 9.84 Å². The molecule has 1 atom stereocenters. The van der Waals surface area contributed by atoms with Crippen LogP contribution in [0.2, 0.25) is 0 Å². The average Bonchev–Trinajstić information content (AvgIpc) is 2.77. The smallest absolute Gasteiger partial charge is 0.321 e. The van der Waals surface area contributed by atoms with Gasteiger partial charge in [0.15, 0.2) is 0 Å². The number of carbonyl (C=O) groups is 1. The molecule has 0 bridgehead atoms. The Hall–Kier alpha value is -0.660. The number of carboxylic acids is 1. The summed E-state index contributed by atoms with van der Waals surface area (Å²) in [7, 11) is -2.07. The van der Waals surface area contributed by atoms with Gasteiger partial charge >= 0.3 is 5.97 Å². The zero-order chi connectivity index (χ0) is 12.9. The molecule has 7 heteroatoms. The first kappa shape index (κ1) is 14.4. The molecule has 2 N–H and O–H groups in total. The molecule has 0 aromatic rings. The molecule has 0 aliphatic heterocycles. The van der Waals surface area contributed by atoms with E-state index in [9.17, 15) is 13.2 Å². The molecule has 17 heavy (non-hydrogen) atoms. The van der Waals surface area contributed by atoms with Gasteiger partial charge in [-0.1, -0.05) is 12.8 Å². The fourth-order valence-corrected chi connectivity index (χ4v) is 3.72. The Morgan fingerprint density at radius 1 is 1.47 bits per heavy atom. The summed E-state index contributed by atoms with van der Waals surface area (Å²) >= 11 is 0. The first-order chi connectivity index (χ1) is 7.97. The maximum Gasteiger partial charge on any atom is 0.321 e. The van der Waals surface area contributed by atoms with Crippen molar-refractivity contribution in [2.75, 3.05) is 13.7 Å². The highest BCUT2D eigenvalue weighted by Gasteiger charge is 2.32. The highest BCUT2D eigenvalue weighted by atomic mass is 32.2. The summed E-state index contributed by atoms with van der Waals surface area (Å²) in [5.74, 6) is -1.16. The van der Waals surface area contributed by atoms with E-state index in [2.05, 4.69) is 4.72 Å². The first-order valence-corrected chi connectivity index (χ1v) is 7.25. The van der Waals surface area contributed by atoms with Crippen molar-refractivity contribution in [3.05, 3.63) is 0 Å². The third kappa shape index (κ3) is 4.25. The van der Waals surface area contributed by atoms with Gasteiger partial charge < -0.3 is 9.84 Å². The van der Waals surface area contributed by atoms with Crippen molar-refractivity contribution in [2.24, 2.45) is 0 Å². The SMILES string of the molecule is COCCC(NS(=O)(=O)C1CCCC1)C(=O)O. The van der Waals surface area contributed by atoms with Crippen LogP contribution >= 0.6 is 0 Å². The number of hydrogen-bond donors (Lipinski definition) is 2. The lowest BCUT2D eigenvalue weighted by molar-refractivity contribution is -0.139. The number of rotatable bonds is 7. The van der Waals surface area contributed by atoms with Gasteiger partial charge in [-0.2, -0.15) is 0 Å². The number of aliphatic carboxylic acids is 1. The van der Waals surface area contributed by atoms with Crippen LogP contribution < -0.4 is 4.72 Å². The van der Waals surface area contributed by atoms with Crippen molar-refractivity contribution < 1.29 is 23.1 Å². The minimum atomic E-state index is -3.52. The van der Waals surface area contributed by atoms with E-state index in [1.54, 1.807) is 0 Å². The molecule has 0 radical (unpaired) electrons. The molecule has 0 spiro atoms. The molecule has 6 nitrogen and oxygen atoms in total. The number of methoxy groups -OCH3 is 1. The maximum absolute atomic E-state index is 11.9. The van der Waals surface area contributed by atoms with Crippen LogP contribution in [0.1, 0.15) is 32.1 Å². The van der Waals surface area contributed by atoms with Crippen molar-refractivity contribution in [3.63, 3.8) is 0 Å². The van der Waals surface area contributed by atoms with E-state index in [1.165, 1.54) is 7.11 Å². The molecule has 1 aliphatic rings. The quantitative estimate of drug-likeness (QED) is 0.692. The second kappa shape index (κ2) is 6.32. The number of carboxylic acid groups (broad SMARTS) is 1. The van der Waals surface area contributed by atoms with Gasteiger partial charge in [0.25, 0.3) is 0 Å². The molecular formula is C10H19NO5S. The van der Waals surface area contributed by atoms with Crippen LogP contribution in [0.4, 0.5) is 0 Å². The van der Waals surface area contributed by atoms with Gasteiger partial charge in [-0.05, 0) is 19.3 Å². The molecular weight excluding hydrogens is 246 g/mol. The second-order valence-electron chi connectivity index (χ2n) is 4.24. The molecule has 100 valence electrons. The Kier molecular flexibility index (Phi) is 5.35. The average molecular weight is 265 g/mol. The number of sulfonamides is 1. The highest BCUT2D eigenvalue weighted by molar-refractivity contribution is 7.90. The molecule has 0 amide bonds. The molecule has 0 heterocycles. The van der Waals surface area contributed by atoms with Crippen LogP contribution in [0, 0.1) is 0 Å². The summed E-state index contributed by atoms with van der Waals surface area (Å²) in [5.41, 5.74) is 0. The van der Waals surface area contributed by atoms with E-state index in [0.29, 0.717) is 12.8 Å². The van der Waals surface area contributed by atoms with Crippen molar-refractivity contribution in [1.82, 2.24) is 4.72 Å². The number of ether oxygens (including phenoxy) is 1. The molecule has 1 aliphatic carbocycles. The summed E-state index contributed by atoms with van der Waals surface area (Å²) in [6.45, 7) is 0.212. The Bertz CT molecular complexity index is 348. The summed E-state index contributed by atoms with van der Waals surface area (Å²) in [6.07, 6.45) is 3.15. The van der Waals surface area contributed by atoms with E-state index < -0.39 is 27.3 Å². The third-order valence-electron chi connectivity index (χ3n) is 2.96. The standard InChI is InChI=1S/C10H19NO5S/c1-16-7-6-9(10(12)13)11-17(14,15)8-4-2-3-5-8/h8-9,11H,2-7H2,1H3,(H,12,13). The molecule has 1 unspecified atom stereocenters. The van der Waals surface area contributed by atoms with Gasteiger partial charge in [-0.15, -0.1) is 0 Å². The summed E-state index contributed by atoms with van der Waals surface area (Å²) in [4.78, 5) is 10.9. The van der Waals surface area contributed by atoms with E-state index >= 15 is 0 Å². The van der Waals surface area contributed by atoms with Crippen molar-refractivity contribution >= 4 is 16.0 Å². The fraction of sp³-hybridized carbons (Fsp3) is 0.900. The highest BCUT2D eigenvalue weighted by Crippen LogP contribution is 2.24. The largest absolute Gasteiger partial charge is 0.480 e. The van der Waals surface area contributed by atoms with Crippen molar-refractivity contribution in [1.29, 1.82) is 0 Å². The summed E-state index contributed by atoms with van der Waals surface area (Å²) in [5, 5.41) is 8.49. The zero-order valence-corrected chi connectivity index (χ0v) is 10.7. The van der Waals surface area contributed by atoms with Crippen LogP contribution in [-0.4, -0.2) is 44.5 Å². The van der Waals surface area contributed by atoms with Crippen LogP contribution in [-0.2, 0) is 19.6 Å². The lowest BCUT2D eigenvalue weighted by Gasteiger charge is -2.17. The minimum absolute atomic E-state index is 0.137. The predicted molar refractivity (Wildman–Crippen MR) is 62.2 cm³/mol. The van der Waals surface area contributed by atoms with E-state index in [-0.39, 0.29) is 13.0 Å². The van der Waals surface area contributed by atoms with Gasteiger partial charge in [-0.25, -0.2) is 13.1 Å². The third-order valence-corrected chi connectivity index (χ3v) is 4.92. The van der Waals surface area contributed by atoms with Crippen molar-refractivity contribution in [2.45, 2.75) is 43.4 Å². The molecule has 1 saturated carbocycles. The first-order valence-electron chi connectivity index (χ1n) is 5.70. The Morgan fingerprint density at radius 3 is 2.53 bits per heavy atom. The summed E-state index contributed by atoms with van der Waals surface area (Å²) in [6, 6.07) is -1.10. The van der Waals surface area contributed by atoms with Crippen LogP contribution in [0.5, 0.6) is 0 Å². The fourth-order valence-electron chi connectivity index (χ4n) is 1.96. The molecule has 1 rings (SSSR count). The maximum atomic E-state index is 11.9. The minimum Gasteiger partial charge on any atom is -0.480 e. The van der Waals surface area contributed by atoms with E-state index in [1.807, 2.05) is 0 Å². The zero-order valence-electron chi connectivity index (χ0n) is 9.89.